The number of rotatable bonds is 6. The topological polar surface area (TPSA) is 82.5 Å². The van der Waals surface area contributed by atoms with Crippen LogP contribution >= 0.6 is 0 Å². The lowest BCUT2D eigenvalue weighted by Gasteiger charge is -2.34. The third-order valence-electron chi connectivity index (χ3n) is 6.84. The van der Waals surface area contributed by atoms with Crippen LogP contribution in [0.5, 0.6) is 0 Å². The Labute approximate surface area is 225 Å². The second-order valence-corrected chi connectivity index (χ2v) is 9.32. The van der Waals surface area contributed by atoms with E-state index in [1.54, 1.807) is 17.1 Å². The van der Waals surface area contributed by atoms with E-state index in [1.165, 1.54) is 6.07 Å². The SMILES string of the molecule is Cc1ccc(-c2c(F)cc(N)cc2-c2nnn(C(c3ccccc3)(c3ccccc3)c3ccccc3)n2)cn1. The summed E-state index contributed by atoms with van der Waals surface area (Å²) < 4.78 is 15.4. The first-order valence-electron chi connectivity index (χ1n) is 12.6. The summed E-state index contributed by atoms with van der Waals surface area (Å²) in [5.74, 6) is -0.226. The van der Waals surface area contributed by atoms with Gasteiger partial charge >= 0.3 is 0 Å². The zero-order chi connectivity index (χ0) is 26.8. The minimum Gasteiger partial charge on any atom is -0.399 e. The highest BCUT2D eigenvalue weighted by atomic mass is 19.1. The van der Waals surface area contributed by atoms with Gasteiger partial charge in [0, 0.05) is 34.3 Å². The van der Waals surface area contributed by atoms with Crippen LogP contribution in [0.4, 0.5) is 10.1 Å². The fourth-order valence-electron chi connectivity index (χ4n) is 5.06. The van der Waals surface area contributed by atoms with Crippen LogP contribution in [0.1, 0.15) is 22.4 Å². The van der Waals surface area contributed by atoms with Crippen molar-refractivity contribution in [1.82, 2.24) is 25.2 Å². The summed E-state index contributed by atoms with van der Waals surface area (Å²) in [6, 6.07) is 36.8. The molecule has 2 heterocycles. The largest absolute Gasteiger partial charge is 0.399 e. The molecule has 0 unspecified atom stereocenters. The summed E-state index contributed by atoms with van der Waals surface area (Å²) >= 11 is 0. The minimum absolute atomic E-state index is 0.254. The Morgan fingerprint density at radius 2 is 1.31 bits per heavy atom. The summed E-state index contributed by atoms with van der Waals surface area (Å²) in [7, 11) is 0. The average molecular weight is 513 g/mol. The number of benzene rings is 4. The second kappa shape index (κ2) is 9.95. The van der Waals surface area contributed by atoms with Crippen molar-refractivity contribution in [3.05, 3.63) is 150 Å². The molecule has 0 saturated carbocycles. The van der Waals surface area contributed by atoms with Crippen molar-refractivity contribution in [3.8, 4) is 22.5 Å². The number of hydrogen-bond acceptors (Lipinski definition) is 5. The molecule has 0 atom stereocenters. The Morgan fingerprint density at radius 1 is 0.744 bits per heavy atom. The molecule has 0 aliphatic heterocycles. The van der Waals surface area contributed by atoms with Gasteiger partial charge < -0.3 is 5.73 Å². The van der Waals surface area contributed by atoms with Crippen LogP contribution in [-0.2, 0) is 5.54 Å². The van der Waals surface area contributed by atoms with Crippen LogP contribution in [-0.4, -0.2) is 25.2 Å². The lowest BCUT2D eigenvalue weighted by molar-refractivity contribution is 0.396. The third kappa shape index (κ3) is 4.24. The molecule has 0 spiro atoms. The number of nitrogens with two attached hydrogens (primary N) is 1. The van der Waals surface area contributed by atoms with Gasteiger partial charge in [0.15, 0.2) is 5.54 Å². The van der Waals surface area contributed by atoms with Gasteiger partial charge in [-0.25, -0.2) is 4.39 Å². The van der Waals surface area contributed by atoms with Gasteiger partial charge in [0.25, 0.3) is 0 Å². The van der Waals surface area contributed by atoms with Crippen LogP contribution in [0.3, 0.4) is 0 Å². The maximum atomic E-state index is 15.4. The van der Waals surface area contributed by atoms with Crippen molar-refractivity contribution in [2.45, 2.75) is 12.5 Å². The number of aromatic nitrogens is 5. The summed E-state index contributed by atoms with van der Waals surface area (Å²) in [4.78, 5) is 5.97. The van der Waals surface area contributed by atoms with E-state index < -0.39 is 11.4 Å². The van der Waals surface area contributed by atoms with Gasteiger partial charge in [-0.1, -0.05) is 97.1 Å². The van der Waals surface area contributed by atoms with E-state index in [9.17, 15) is 0 Å². The van der Waals surface area contributed by atoms with Crippen LogP contribution in [0.15, 0.2) is 121 Å². The number of nitrogens with zero attached hydrogens (tertiary/aromatic N) is 5. The number of hydrogen-bond donors (Lipinski definition) is 1. The van der Waals surface area contributed by atoms with Gasteiger partial charge in [-0.3, -0.25) is 4.98 Å². The molecule has 0 bridgehead atoms. The smallest absolute Gasteiger partial charge is 0.205 e. The molecular formula is C32H25FN6. The third-order valence-corrected chi connectivity index (χ3v) is 6.84. The molecule has 6 aromatic rings. The Hall–Kier alpha value is -5.17. The number of tetrazole rings is 1. The summed E-state index contributed by atoms with van der Waals surface area (Å²) in [5, 5.41) is 14.0. The fraction of sp³-hybridized carbons (Fsp3) is 0.0625. The van der Waals surface area contributed by atoms with E-state index in [-0.39, 0.29) is 11.5 Å². The summed E-state index contributed by atoms with van der Waals surface area (Å²) in [6.07, 6.45) is 1.64. The monoisotopic (exact) mass is 512 g/mol. The molecule has 2 aromatic heterocycles. The first kappa shape index (κ1) is 24.2. The number of anilines is 1. The van der Waals surface area contributed by atoms with E-state index in [0.29, 0.717) is 16.7 Å². The average Bonchev–Trinajstić information content (AvgIpc) is 3.46. The molecule has 0 aliphatic rings. The molecule has 7 heteroatoms. The maximum absolute atomic E-state index is 15.4. The van der Waals surface area contributed by atoms with E-state index in [2.05, 4.69) is 15.3 Å². The highest BCUT2D eigenvalue weighted by Gasteiger charge is 2.41. The predicted molar refractivity (Wildman–Crippen MR) is 150 cm³/mol. The Kier molecular flexibility index (Phi) is 6.17. The molecule has 6 nitrogen and oxygen atoms in total. The van der Waals surface area contributed by atoms with Gasteiger partial charge in [-0.05, 0) is 47.0 Å². The van der Waals surface area contributed by atoms with Gasteiger partial charge in [0.1, 0.15) is 5.82 Å². The maximum Gasteiger partial charge on any atom is 0.205 e. The van der Waals surface area contributed by atoms with Crippen molar-refractivity contribution in [1.29, 1.82) is 0 Å². The van der Waals surface area contributed by atoms with E-state index in [0.717, 1.165) is 22.4 Å². The lowest BCUT2D eigenvalue weighted by Crippen LogP contribution is -2.39. The van der Waals surface area contributed by atoms with Crippen molar-refractivity contribution in [2.24, 2.45) is 0 Å². The molecule has 190 valence electrons. The predicted octanol–water partition coefficient (Wildman–Crippen LogP) is 6.27. The highest BCUT2D eigenvalue weighted by molar-refractivity contribution is 5.83. The molecule has 4 aromatic carbocycles. The number of aryl methyl sites for hydroxylation is 1. The second-order valence-electron chi connectivity index (χ2n) is 9.32. The van der Waals surface area contributed by atoms with Crippen molar-refractivity contribution < 1.29 is 4.39 Å². The molecule has 0 amide bonds. The van der Waals surface area contributed by atoms with E-state index in [4.69, 9.17) is 10.8 Å². The molecule has 39 heavy (non-hydrogen) atoms. The normalized spacial score (nSPS) is 11.4. The molecule has 0 aliphatic carbocycles. The Morgan fingerprint density at radius 3 is 1.82 bits per heavy atom. The number of pyridine rings is 1. The van der Waals surface area contributed by atoms with Gasteiger partial charge in [-0.2, -0.15) is 0 Å². The van der Waals surface area contributed by atoms with Gasteiger partial charge in [0.05, 0.1) is 0 Å². The molecule has 0 fully saturated rings. The Bertz CT molecular complexity index is 1620. The van der Waals surface area contributed by atoms with Crippen LogP contribution < -0.4 is 5.73 Å². The summed E-state index contributed by atoms with van der Waals surface area (Å²) in [5.41, 5.74) is 10.5. The van der Waals surface area contributed by atoms with E-state index in [1.807, 2.05) is 110 Å². The van der Waals surface area contributed by atoms with Gasteiger partial charge in [-0.15, -0.1) is 15.0 Å². The lowest BCUT2D eigenvalue weighted by atomic mass is 9.77. The molecule has 0 radical (unpaired) electrons. The van der Waals surface area contributed by atoms with Crippen LogP contribution in [0.2, 0.25) is 0 Å². The van der Waals surface area contributed by atoms with Crippen molar-refractivity contribution >= 4 is 5.69 Å². The summed E-state index contributed by atoms with van der Waals surface area (Å²) in [6.45, 7) is 1.88. The zero-order valence-corrected chi connectivity index (χ0v) is 21.2. The zero-order valence-electron chi connectivity index (χ0n) is 21.2. The molecule has 6 rings (SSSR count). The van der Waals surface area contributed by atoms with Gasteiger partial charge in [0.2, 0.25) is 5.82 Å². The van der Waals surface area contributed by atoms with Crippen LogP contribution in [0.25, 0.3) is 22.5 Å². The number of halogens is 1. The number of nitrogen functional groups attached to an aromatic ring is 1. The molecular weight excluding hydrogens is 487 g/mol. The Balaban J connectivity index is 1.63. The fourth-order valence-corrected chi connectivity index (χ4v) is 5.06. The van der Waals surface area contributed by atoms with E-state index >= 15 is 4.39 Å². The van der Waals surface area contributed by atoms with Crippen molar-refractivity contribution in [2.75, 3.05) is 5.73 Å². The quantitative estimate of drug-likeness (QED) is 0.210. The first-order chi connectivity index (χ1) is 19.1. The van der Waals surface area contributed by atoms with Crippen LogP contribution in [0, 0.1) is 12.7 Å². The molecule has 0 saturated heterocycles. The molecule has 2 N–H and O–H groups in total. The first-order valence-corrected chi connectivity index (χ1v) is 12.6. The standard InChI is InChI=1S/C32H25FN6/c1-22-17-18-23(21-35-22)30-28(19-27(34)20-29(30)33)31-36-38-39(37-31)32(24-11-5-2-6-12-24,25-13-7-3-8-14-25)26-15-9-4-10-16-26/h2-21H,34H2,1H3. The highest BCUT2D eigenvalue weighted by Crippen LogP contribution is 2.41. The minimum atomic E-state index is -0.945. The van der Waals surface area contributed by atoms with Crippen molar-refractivity contribution in [3.63, 3.8) is 0 Å².